The van der Waals surface area contributed by atoms with Crippen molar-refractivity contribution in [3.8, 4) is 5.69 Å². The summed E-state index contributed by atoms with van der Waals surface area (Å²) in [6.07, 6.45) is 3.38. The van der Waals surface area contributed by atoms with Crippen LogP contribution < -0.4 is 5.32 Å². The third-order valence-corrected chi connectivity index (χ3v) is 6.49. The van der Waals surface area contributed by atoms with Crippen molar-refractivity contribution in [3.63, 3.8) is 0 Å². The van der Waals surface area contributed by atoms with Gasteiger partial charge in [0.15, 0.2) is 15.7 Å². The highest BCUT2D eigenvalue weighted by molar-refractivity contribution is 7.90. The summed E-state index contributed by atoms with van der Waals surface area (Å²) in [7, 11) is -3.24. The summed E-state index contributed by atoms with van der Waals surface area (Å²) >= 11 is 0. The van der Waals surface area contributed by atoms with E-state index < -0.39 is 9.84 Å². The molecule has 0 radical (unpaired) electrons. The number of rotatable bonds is 5. The van der Waals surface area contributed by atoms with Crippen molar-refractivity contribution in [2.45, 2.75) is 24.3 Å². The highest BCUT2D eigenvalue weighted by Gasteiger charge is 2.16. The molecule has 1 aromatic heterocycles. The molecule has 1 aliphatic rings. The summed E-state index contributed by atoms with van der Waals surface area (Å²) < 4.78 is 24.9. The van der Waals surface area contributed by atoms with Crippen LogP contribution in [0.4, 0.5) is 5.69 Å². The average molecular weight is 405 g/mol. The molecule has 4 aromatic rings. The lowest BCUT2D eigenvalue weighted by Gasteiger charge is -2.11. The number of anilines is 1. The van der Waals surface area contributed by atoms with E-state index in [1.807, 2.05) is 0 Å². The third-order valence-electron chi connectivity index (χ3n) is 5.36. The fourth-order valence-corrected chi connectivity index (χ4v) is 4.56. The van der Waals surface area contributed by atoms with Crippen LogP contribution in [-0.2, 0) is 29.2 Å². The number of benzene rings is 3. The van der Waals surface area contributed by atoms with Gasteiger partial charge in [-0.05, 0) is 70.1 Å². The first-order chi connectivity index (χ1) is 14.0. The van der Waals surface area contributed by atoms with E-state index in [9.17, 15) is 8.42 Å². The summed E-state index contributed by atoms with van der Waals surface area (Å²) in [6.45, 7) is 0.444. The molecule has 3 aromatic carbocycles. The lowest BCUT2D eigenvalue weighted by atomic mass is 10.0. The van der Waals surface area contributed by atoms with Gasteiger partial charge in [-0.2, -0.15) is 4.68 Å². The molecular formula is C21H19N5O2S. The zero-order valence-electron chi connectivity index (χ0n) is 15.8. The number of nitrogens with one attached hydrogen (secondary N) is 1. The molecule has 1 N–H and O–H groups in total. The smallest absolute Gasteiger partial charge is 0.175 e. The fraction of sp³-hybridized carbons (Fsp3) is 0.190. The second-order valence-electron chi connectivity index (χ2n) is 7.24. The first-order valence-electron chi connectivity index (χ1n) is 9.36. The number of aromatic nitrogens is 4. The lowest BCUT2D eigenvalue weighted by Crippen LogP contribution is -2.09. The summed E-state index contributed by atoms with van der Waals surface area (Å²) in [4.78, 5) is 0.266. The van der Waals surface area contributed by atoms with E-state index >= 15 is 0 Å². The third kappa shape index (κ3) is 3.15. The maximum absolute atomic E-state index is 11.7. The van der Waals surface area contributed by atoms with Crippen LogP contribution in [0.25, 0.3) is 16.5 Å². The van der Waals surface area contributed by atoms with Crippen molar-refractivity contribution in [1.29, 1.82) is 0 Å². The normalized spacial score (nSPS) is 13.1. The molecule has 29 heavy (non-hydrogen) atoms. The minimum Gasteiger partial charge on any atom is -0.377 e. The van der Waals surface area contributed by atoms with Crippen molar-refractivity contribution in [1.82, 2.24) is 20.2 Å². The Balaban J connectivity index is 1.43. The maximum Gasteiger partial charge on any atom is 0.175 e. The lowest BCUT2D eigenvalue weighted by molar-refractivity contribution is 0.602. The molecule has 7 nitrogen and oxygen atoms in total. The van der Waals surface area contributed by atoms with Crippen LogP contribution in [0.2, 0.25) is 0 Å². The fourth-order valence-electron chi connectivity index (χ4n) is 3.93. The van der Waals surface area contributed by atoms with Gasteiger partial charge in [0.2, 0.25) is 0 Å². The predicted molar refractivity (Wildman–Crippen MR) is 111 cm³/mol. The molecule has 0 fully saturated rings. The van der Waals surface area contributed by atoms with E-state index in [0.717, 1.165) is 18.5 Å². The van der Waals surface area contributed by atoms with E-state index in [2.05, 4.69) is 51.2 Å². The summed E-state index contributed by atoms with van der Waals surface area (Å²) in [5.41, 5.74) is 4.56. The van der Waals surface area contributed by atoms with Crippen LogP contribution in [0.15, 0.2) is 59.5 Å². The molecule has 0 aliphatic heterocycles. The van der Waals surface area contributed by atoms with Crippen LogP contribution in [0.1, 0.15) is 17.0 Å². The first kappa shape index (κ1) is 17.8. The Morgan fingerprint density at radius 1 is 1.00 bits per heavy atom. The van der Waals surface area contributed by atoms with Crippen LogP contribution >= 0.6 is 0 Å². The molecule has 0 unspecified atom stereocenters. The van der Waals surface area contributed by atoms with Gasteiger partial charge in [-0.15, -0.1) is 5.10 Å². The van der Waals surface area contributed by atoms with Crippen LogP contribution in [-0.4, -0.2) is 34.9 Å². The highest BCUT2D eigenvalue weighted by Crippen LogP contribution is 2.35. The standard InChI is InChI=1S/C21H19N5O2S/c1-29(27,28)17-10-8-16(9-11-17)26-20(23-24-25-26)13-22-19-12-7-15-6-5-14-3-2-4-18(19)21(14)15/h2-4,7-12,22H,5-6,13H2,1H3. The molecule has 0 saturated heterocycles. The second-order valence-corrected chi connectivity index (χ2v) is 9.25. The Bertz CT molecular complexity index is 1320. The number of hydrogen-bond donors (Lipinski definition) is 1. The Hall–Kier alpha value is -3.26. The van der Waals surface area contributed by atoms with Gasteiger partial charge in [0.1, 0.15) is 0 Å². The van der Waals surface area contributed by atoms with Crippen molar-refractivity contribution in [3.05, 3.63) is 71.5 Å². The minimum absolute atomic E-state index is 0.266. The average Bonchev–Trinajstić information content (AvgIpc) is 3.35. The Morgan fingerprint density at radius 2 is 1.76 bits per heavy atom. The Morgan fingerprint density at radius 3 is 2.52 bits per heavy atom. The minimum atomic E-state index is -3.24. The number of hydrogen-bond acceptors (Lipinski definition) is 6. The summed E-state index contributed by atoms with van der Waals surface area (Å²) in [5.74, 6) is 0.639. The van der Waals surface area contributed by atoms with Gasteiger partial charge in [-0.3, -0.25) is 0 Å². The van der Waals surface area contributed by atoms with E-state index in [0.29, 0.717) is 18.1 Å². The Labute approximate surface area is 168 Å². The maximum atomic E-state index is 11.7. The topological polar surface area (TPSA) is 89.8 Å². The van der Waals surface area contributed by atoms with Crippen molar-refractivity contribution in [2.24, 2.45) is 0 Å². The molecule has 1 aliphatic carbocycles. The highest BCUT2D eigenvalue weighted by atomic mass is 32.2. The SMILES string of the molecule is CS(=O)(=O)c1ccc(-n2nnnc2CNc2ccc3c4c(cccc24)CC3)cc1. The van der Waals surface area contributed by atoms with Crippen molar-refractivity contribution in [2.75, 3.05) is 11.6 Å². The van der Waals surface area contributed by atoms with Gasteiger partial charge in [0.25, 0.3) is 0 Å². The molecule has 0 atom stereocenters. The van der Waals surface area contributed by atoms with Gasteiger partial charge >= 0.3 is 0 Å². The van der Waals surface area contributed by atoms with Gasteiger partial charge < -0.3 is 5.32 Å². The molecule has 0 bridgehead atoms. The van der Waals surface area contributed by atoms with E-state index in [-0.39, 0.29) is 4.90 Å². The summed E-state index contributed by atoms with van der Waals surface area (Å²) in [5, 5.41) is 18.0. The van der Waals surface area contributed by atoms with Crippen molar-refractivity contribution < 1.29 is 8.42 Å². The van der Waals surface area contributed by atoms with Gasteiger partial charge in [-0.25, -0.2) is 8.42 Å². The van der Waals surface area contributed by atoms with Crippen LogP contribution in [0, 0.1) is 0 Å². The zero-order valence-corrected chi connectivity index (χ0v) is 16.6. The molecule has 146 valence electrons. The number of nitrogens with zero attached hydrogens (tertiary/aromatic N) is 4. The number of aryl methyl sites for hydroxylation is 2. The quantitative estimate of drug-likeness (QED) is 0.549. The molecule has 0 amide bonds. The molecule has 1 heterocycles. The van der Waals surface area contributed by atoms with Crippen LogP contribution in [0.5, 0.6) is 0 Å². The monoisotopic (exact) mass is 405 g/mol. The predicted octanol–water partition coefficient (Wildman–Crippen LogP) is 2.93. The first-order valence-corrected chi connectivity index (χ1v) is 11.2. The number of sulfone groups is 1. The van der Waals surface area contributed by atoms with Crippen LogP contribution in [0.3, 0.4) is 0 Å². The molecule has 0 saturated carbocycles. The molecule has 5 rings (SSSR count). The molecule has 8 heteroatoms. The van der Waals surface area contributed by atoms with Gasteiger partial charge in [0, 0.05) is 17.3 Å². The van der Waals surface area contributed by atoms with Crippen molar-refractivity contribution >= 4 is 26.3 Å². The van der Waals surface area contributed by atoms with E-state index in [1.54, 1.807) is 28.9 Å². The second kappa shape index (κ2) is 6.66. The van der Waals surface area contributed by atoms with Gasteiger partial charge in [-0.1, -0.05) is 24.3 Å². The van der Waals surface area contributed by atoms with E-state index in [1.165, 1.54) is 28.2 Å². The Kier molecular flexibility index (Phi) is 4.09. The zero-order chi connectivity index (χ0) is 20.0. The summed E-state index contributed by atoms with van der Waals surface area (Å²) in [6, 6.07) is 17.3. The van der Waals surface area contributed by atoms with Gasteiger partial charge in [0.05, 0.1) is 17.1 Å². The molecular weight excluding hydrogens is 386 g/mol. The largest absolute Gasteiger partial charge is 0.377 e. The molecule has 0 spiro atoms. The van der Waals surface area contributed by atoms with E-state index in [4.69, 9.17) is 0 Å². The number of tetrazole rings is 1.